The Morgan fingerprint density at radius 1 is 1.00 bits per heavy atom. The Morgan fingerprint density at radius 2 is 1.58 bits per heavy atom. The molecule has 0 bridgehead atoms. The first-order valence-corrected chi connectivity index (χ1v) is 7.59. The molecule has 24 heavy (non-hydrogen) atoms. The van der Waals surface area contributed by atoms with Crippen LogP contribution in [0, 0.1) is 0 Å². The molecule has 2 aromatic rings. The van der Waals surface area contributed by atoms with Gasteiger partial charge < -0.3 is 5.32 Å². The van der Waals surface area contributed by atoms with Crippen LogP contribution in [0.25, 0.3) is 0 Å². The molecule has 0 aliphatic heterocycles. The minimum Gasteiger partial charge on any atom is -0.326 e. The number of carbonyl (C=O) groups is 2. The van der Waals surface area contributed by atoms with Crippen molar-refractivity contribution in [1.82, 2.24) is 4.90 Å². The van der Waals surface area contributed by atoms with E-state index in [1.807, 2.05) is 49.3 Å². The van der Waals surface area contributed by atoms with Gasteiger partial charge in [-0.3, -0.25) is 14.5 Å². The lowest BCUT2D eigenvalue weighted by Crippen LogP contribution is -2.37. The molecule has 0 aliphatic rings. The van der Waals surface area contributed by atoms with Gasteiger partial charge in [-0.15, -0.1) is 12.4 Å². The van der Waals surface area contributed by atoms with Crippen LogP contribution in [0.4, 0.5) is 5.69 Å². The first-order valence-electron chi connectivity index (χ1n) is 7.59. The minimum absolute atomic E-state index is 0. The molecule has 0 saturated heterocycles. The summed E-state index contributed by atoms with van der Waals surface area (Å²) in [6.07, 6.45) is 0.667. The van der Waals surface area contributed by atoms with Crippen molar-refractivity contribution in [2.75, 3.05) is 19.4 Å². The third kappa shape index (κ3) is 5.48. The highest BCUT2D eigenvalue weighted by Crippen LogP contribution is 2.15. The van der Waals surface area contributed by atoms with Crippen LogP contribution < -0.4 is 5.32 Å². The van der Waals surface area contributed by atoms with Crippen molar-refractivity contribution in [3.8, 4) is 0 Å². The molecule has 0 spiro atoms. The predicted octanol–water partition coefficient (Wildman–Crippen LogP) is 3.42. The zero-order chi connectivity index (χ0) is 16.8. The Bertz CT molecular complexity index is 670. The number of likely N-dealkylation sites (N-methyl/N-ethyl adjacent to an activating group) is 1. The summed E-state index contributed by atoms with van der Waals surface area (Å²) in [5, 5.41) is 2.70. The Hall–Kier alpha value is -2.17. The van der Waals surface area contributed by atoms with Crippen LogP contribution >= 0.6 is 12.4 Å². The third-order valence-electron chi connectivity index (χ3n) is 3.69. The molecular formula is C19H23ClN2O2. The first kappa shape index (κ1) is 19.9. The second-order valence-corrected chi connectivity index (χ2v) is 5.79. The topological polar surface area (TPSA) is 49.4 Å². The van der Waals surface area contributed by atoms with Crippen molar-refractivity contribution < 1.29 is 9.59 Å². The Morgan fingerprint density at radius 3 is 2.08 bits per heavy atom. The normalized spacial score (nSPS) is 11.5. The number of halogens is 1. The van der Waals surface area contributed by atoms with E-state index in [1.54, 1.807) is 24.3 Å². The van der Waals surface area contributed by atoms with Crippen molar-refractivity contribution >= 4 is 29.8 Å². The van der Waals surface area contributed by atoms with Crippen LogP contribution in [0.15, 0.2) is 54.6 Å². The maximum atomic E-state index is 12.8. The number of nitrogens with zero attached hydrogens (tertiary/aromatic N) is 1. The number of rotatable bonds is 6. The molecule has 1 N–H and O–H groups in total. The molecule has 2 rings (SSSR count). The zero-order valence-corrected chi connectivity index (χ0v) is 15.0. The number of hydrogen-bond donors (Lipinski definition) is 1. The fraction of sp³-hybridized carbons (Fsp3) is 0.263. The van der Waals surface area contributed by atoms with Crippen molar-refractivity contribution in [1.29, 1.82) is 0 Å². The van der Waals surface area contributed by atoms with Crippen molar-refractivity contribution in [2.45, 2.75) is 19.4 Å². The molecule has 1 unspecified atom stereocenters. The van der Waals surface area contributed by atoms with E-state index < -0.39 is 0 Å². The van der Waals surface area contributed by atoms with Crippen LogP contribution in [0.5, 0.6) is 0 Å². The molecule has 5 heteroatoms. The summed E-state index contributed by atoms with van der Waals surface area (Å²) >= 11 is 0. The van der Waals surface area contributed by atoms with Gasteiger partial charge in [-0.2, -0.15) is 0 Å². The summed E-state index contributed by atoms with van der Waals surface area (Å²) < 4.78 is 0. The fourth-order valence-electron chi connectivity index (χ4n) is 2.46. The molecule has 0 aliphatic carbocycles. The van der Waals surface area contributed by atoms with E-state index in [-0.39, 0.29) is 30.1 Å². The first-order chi connectivity index (χ1) is 11.0. The molecular weight excluding hydrogens is 324 g/mol. The lowest BCUT2D eigenvalue weighted by Gasteiger charge is -2.23. The van der Waals surface area contributed by atoms with E-state index in [1.165, 1.54) is 6.92 Å². The van der Waals surface area contributed by atoms with E-state index >= 15 is 0 Å². The molecule has 0 fully saturated rings. The zero-order valence-electron chi connectivity index (χ0n) is 14.2. The van der Waals surface area contributed by atoms with Gasteiger partial charge in [0.2, 0.25) is 5.91 Å². The van der Waals surface area contributed by atoms with E-state index in [0.717, 1.165) is 5.56 Å². The average Bonchev–Trinajstić information content (AvgIpc) is 2.53. The van der Waals surface area contributed by atoms with Gasteiger partial charge in [0.25, 0.3) is 0 Å². The van der Waals surface area contributed by atoms with Crippen LogP contribution in [0.1, 0.15) is 22.8 Å². The van der Waals surface area contributed by atoms with Crippen molar-refractivity contribution in [3.63, 3.8) is 0 Å². The molecule has 1 atom stereocenters. The number of anilines is 1. The lowest BCUT2D eigenvalue weighted by molar-refractivity contribution is -0.114. The summed E-state index contributed by atoms with van der Waals surface area (Å²) in [6.45, 7) is 1.46. The summed E-state index contributed by atoms with van der Waals surface area (Å²) in [6, 6.07) is 16.8. The monoisotopic (exact) mass is 346 g/mol. The number of nitrogens with one attached hydrogen (secondary N) is 1. The van der Waals surface area contributed by atoms with Crippen molar-refractivity contribution in [2.24, 2.45) is 0 Å². The molecule has 0 radical (unpaired) electrons. The Labute approximate surface area is 149 Å². The number of Topliss-reactive ketones (excluding diaryl/α,β-unsaturated/α-hetero) is 1. The van der Waals surface area contributed by atoms with Gasteiger partial charge in [0.1, 0.15) is 0 Å². The van der Waals surface area contributed by atoms with E-state index in [0.29, 0.717) is 17.7 Å². The summed E-state index contributed by atoms with van der Waals surface area (Å²) in [7, 11) is 3.83. The van der Waals surface area contributed by atoms with E-state index in [2.05, 4.69) is 5.32 Å². The highest BCUT2D eigenvalue weighted by molar-refractivity contribution is 6.00. The average molecular weight is 347 g/mol. The second-order valence-electron chi connectivity index (χ2n) is 5.79. The van der Waals surface area contributed by atoms with Gasteiger partial charge in [0, 0.05) is 18.2 Å². The van der Waals surface area contributed by atoms with Gasteiger partial charge in [-0.1, -0.05) is 30.3 Å². The highest BCUT2D eigenvalue weighted by Gasteiger charge is 2.22. The van der Waals surface area contributed by atoms with Gasteiger partial charge in [0.15, 0.2) is 5.78 Å². The van der Waals surface area contributed by atoms with Gasteiger partial charge in [-0.05, 0) is 50.3 Å². The highest BCUT2D eigenvalue weighted by atomic mass is 35.5. The molecule has 128 valence electrons. The number of benzene rings is 2. The summed E-state index contributed by atoms with van der Waals surface area (Å²) in [4.78, 5) is 25.8. The molecule has 0 saturated carbocycles. The quantitative estimate of drug-likeness (QED) is 0.815. The largest absolute Gasteiger partial charge is 0.326 e. The molecule has 1 amide bonds. The lowest BCUT2D eigenvalue weighted by atomic mass is 9.96. The molecule has 4 nitrogen and oxygen atoms in total. The third-order valence-corrected chi connectivity index (χ3v) is 3.69. The maximum Gasteiger partial charge on any atom is 0.221 e. The van der Waals surface area contributed by atoms with Gasteiger partial charge >= 0.3 is 0 Å². The summed E-state index contributed by atoms with van der Waals surface area (Å²) in [5.74, 6) is -0.0486. The fourth-order valence-corrected chi connectivity index (χ4v) is 2.46. The van der Waals surface area contributed by atoms with Gasteiger partial charge in [-0.25, -0.2) is 0 Å². The maximum absolute atomic E-state index is 12.8. The standard InChI is InChI=1S/C19H22N2O2.ClH/c1-14(22)20-17-11-9-16(10-12-17)19(23)18(21(2)3)13-15-7-5-4-6-8-15;/h4-12,18H,13H2,1-3H3,(H,20,22);1H. The van der Waals surface area contributed by atoms with Crippen LogP contribution in [0.2, 0.25) is 0 Å². The number of carbonyl (C=O) groups excluding carboxylic acids is 2. The summed E-state index contributed by atoms with van der Waals surface area (Å²) in [5.41, 5.74) is 2.47. The van der Waals surface area contributed by atoms with Crippen LogP contribution in [-0.4, -0.2) is 36.7 Å². The smallest absolute Gasteiger partial charge is 0.221 e. The number of hydrogen-bond acceptors (Lipinski definition) is 3. The SMILES string of the molecule is CC(=O)Nc1ccc(C(=O)C(Cc2ccccc2)N(C)C)cc1.Cl. The van der Waals surface area contributed by atoms with Crippen molar-refractivity contribution in [3.05, 3.63) is 65.7 Å². The number of amides is 1. The second kappa shape index (κ2) is 9.21. The van der Waals surface area contributed by atoms with Gasteiger partial charge in [0.05, 0.1) is 6.04 Å². The molecule has 0 heterocycles. The van der Waals surface area contributed by atoms with Crippen LogP contribution in [-0.2, 0) is 11.2 Å². The number of ketones is 1. The Kier molecular flexibility index (Phi) is 7.62. The van der Waals surface area contributed by atoms with E-state index in [9.17, 15) is 9.59 Å². The molecule has 2 aromatic carbocycles. The van der Waals surface area contributed by atoms with E-state index in [4.69, 9.17) is 0 Å². The van der Waals surface area contributed by atoms with Crippen LogP contribution in [0.3, 0.4) is 0 Å². The predicted molar refractivity (Wildman–Crippen MR) is 99.9 cm³/mol. The Balaban J connectivity index is 0.00000288. The minimum atomic E-state index is -0.219. The molecule has 0 aromatic heterocycles.